The molecule has 2 aromatic heterocycles. The Bertz CT molecular complexity index is 983. The second-order valence-electron chi connectivity index (χ2n) is 5.21. The van der Waals surface area contributed by atoms with Gasteiger partial charge in [0.15, 0.2) is 11.5 Å². The quantitative estimate of drug-likeness (QED) is 0.618. The van der Waals surface area contributed by atoms with Crippen LogP contribution in [0.25, 0.3) is 16.7 Å². The molecule has 2 heterocycles. The number of nitrogens with one attached hydrogen (secondary N) is 1. The van der Waals surface area contributed by atoms with Crippen molar-refractivity contribution in [3.05, 3.63) is 71.4 Å². The number of halogens is 1. The summed E-state index contributed by atoms with van der Waals surface area (Å²) in [6, 6.07) is 17.5. The van der Waals surface area contributed by atoms with E-state index in [-0.39, 0.29) is 0 Å². The van der Waals surface area contributed by atoms with Crippen LogP contribution < -0.4 is 5.32 Å². The Hall–Kier alpha value is -2.99. The van der Waals surface area contributed by atoms with E-state index in [0.29, 0.717) is 23.0 Å². The van der Waals surface area contributed by atoms with E-state index in [2.05, 4.69) is 25.8 Å². The van der Waals surface area contributed by atoms with Crippen molar-refractivity contribution in [3.63, 3.8) is 0 Å². The second kappa shape index (κ2) is 6.25. The van der Waals surface area contributed by atoms with Crippen molar-refractivity contribution in [3.8, 4) is 5.69 Å². The van der Waals surface area contributed by atoms with Crippen molar-refractivity contribution >= 4 is 28.5 Å². The Morgan fingerprint density at radius 3 is 2.58 bits per heavy atom. The van der Waals surface area contributed by atoms with Crippen molar-refractivity contribution < 1.29 is 0 Å². The van der Waals surface area contributed by atoms with Gasteiger partial charge >= 0.3 is 0 Å². The van der Waals surface area contributed by atoms with Gasteiger partial charge in [-0.1, -0.05) is 48.0 Å². The van der Waals surface area contributed by atoms with E-state index in [9.17, 15) is 0 Å². The molecule has 0 atom stereocenters. The summed E-state index contributed by atoms with van der Waals surface area (Å²) in [4.78, 5) is 0. The van der Waals surface area contributed by atoms with Crippen LogP contribution in [0.2, 0.25) is 5.02 Å². The van der Waals surface area contributed by atoms with Crippen LogP contribution in [-0.4, -0.2) is 25.2 Å². The van der Waals surface area contributed by atoms with Crippen molar-refractivity contribution in [2.45, 2.75) is 6.54 Å². The molecule has 0 saturated carbocycles. The van der Waals surface area contributed by atoms with Gasteiger partial charge in [0, 0.05) is 11.6 Å². The van der Waals surface area contributed by atoms with Crippen LogP contribution in [0.15, 0.2) is 60.8 Å². The zero-order chi connectivity index (χ0) is 16.4. The molecule has 0 unspecified atom stereocenters. The van der Waals surface area contributed by atoms with Crippen molar-refractivity contribution in [1.82, 2.24) is 25.2 Å². The van der Waals surface area contributed by atoms with Crippen molar-refractivity contribution in [2.75, 3.05) is 5.32 Å². The van der Waals surface area contributed by atoms with Crippen molar-refractivity contribution in [1.29, 1.82) is 0 Å². The molecule has 0 fully saturated rings. The van der Waals surface area contributed by atoms with Gasteiger partial charge in [-0.2, -0.15) is 5.10 Å². The molecule has 0 bridgehead atoms. The number of anilines is 1. The number of rotatable bonds is 4. The SMILES string of the molecule is Clc1ccccc1CNc1nnnc2c1cnn2-c1ccccc1. The third-order valence-corrected chi connectivity index (χ3v) is 4.06. The fourth-order valence-electron chi connectivity index (χ4n) is 2.48. The van der Waals surface area contributed by atoms with E-state index >= 15 is 0 Å². The zero-order valence-corrected chi connectivity index (χ0v) is 13.4. The lowest BCUT2D eigenvalue weighted by molar-refractivity contribution is 0.839. The molecule has 0 aliphatic heterocycles. The Labute approximate surface area is 143 Å². The summed E-state index contributed by atoms with van der Waals surface area (Å²) in [5, 5.41) is 21.2. The van der Waals surface area contributed by atoms with Crippen LogP contribution in [0.3, 0.4) is 0 Å². The molecule has 4 aromatic rings. The summed E-state index contributed by atoms with van der Waals surface area (Å²) in [6.07, 6.45) is 1.74. The molecule has 7 heteroatoms. The lowest BCUT2D eigenvalue weighted by atomic mass is 10.2. The van der Waals surface area contributed by atoms with Gasteiger partial charge in [-0.05, 0) is 29.0 Å². The first-order valence-electron chi connectivity index (χ1n) is 7.43. The molecule has 118 valence electrons. The van der Waals surface area contributed by atoms with Gasteiger partial charge in [0.25, 0.3) is 0 Å². The van der Waals surface area contributed by atoms with Crippen molar-refractivity contribution in [2.24, 2.45) is 0 Å². The Kier molecular flexibility index (Phi) is 3.80. The molecule has 24 heavy (non-hydrogen) atoms. The Balaban J connectivity index is 1.68. The first kappa shape index (κ1) is 14.6. The minimum absolute atomic E-state index is 0.546. The zero-order valence-electron chi connectivity index (χ0n) is 12.6. The van der Waals surface area contributed by atoms with E-state index in [1.165, 1.54) is 0 Å². The molecule has 6 nitrogen and oxygen atoms in total. The molecule has 2 aromatic carbocycles. The van der Waals surface area contributed by atoms with E-state index in [1.807, 2.05) is 54.6 Å². The van der Waals surface area contributed by atoms with E-state index in [0.717, 1.165) is 16.6 Å². The summed E-state index contributed by atoms with van der Waals surface area (Å²) < 4.78 is 1.74. The van der Waals surface area contributed by atoms with Gasteiger partial charge in [-0.15, -0.1) is 10.2 Å². The molecule has 0 saturated heterocycles. The fourth-order valence-corrected chi connectivity index (χ4v) is 2.68. The monoisotopic (exact) mass is 336 g/mol. The highest BCUT2D eigenvalue weighted by Gasteiger charge is 2.12. The lowest BCUT2D eigenvalue weighted by Gasteiger charge is -2.07. The molecular weight excluding hydrogens is 324 g/mol. The van der Waals surface area contributed by atoms with Gasteiger partial charge in [-0.3, -0.25) is 0 Å². The van der Waals surface area contributed by atoms with Crippen LogP contribution in [0.1, 0.15) is 5.56 Å². The number of nitrogens with zero attached hydrogens (tertiary/aromatic N) is 5. The van der Waals surface area contributed by atoms with Crippen LogP contribution in [-0.2, 0) is 6.54 Å². The molecule has 0 aliphatic carbocycles. The van der Waals surface area contributed by atoms with Crippen LogP contribution >= 0.6 is 11.6 Å². The highest BCUT2D eigenvalue weighted by Crippen LogP contribution is 2.22. The smallest absolute Gasteiger partial charge is 0.190 e. The maximum atomic E-state index is 6.19. The van der Waals surface area contributed by atoms with Crippen LogP contribution in [0.5, 0.6) is 0 Å². The van der Waals surface area contributed by atoms with Gasteiger partial charge in [0.05, 0.1) is 17.3 Å². The number of para-hydroxylation sites is 1. The maximum Gasteiger partial charge on any atom is 0.190 e. The minimum atomic E-state index is 0.546. The van der Waals surface area contributed by atoms with E-state index in [1.54, 1.807) is 10.9 Å². The molecule has 1 N–H and O–H groups in total. The predicted molar refractivity (Wildman–Crippen MR) is 93.2 cm³/mol. The normalized spacial score (nSPS) is 10.9. The molecule has 4 rings (SSSR count). The van der Waals surface area contributed by atoms with E-state index in [4.69, 9.17) is 11.6 Å². The molecular formula is C17H13ClN6. The fraction of sp³-hybridized carbons (Fsp3) is 0.0588. The van der Waals surface area contributed by atoms with E-state index < -0.39 is 0 Å². The number of fused-ring (bicyclic) bond motifs is 1. The average molecular weight is 337 g/mol. The van der Waals surface area contributed by atoms with Crippen LogP contribution in [0.4, 0.5) is 5.82 Å². The number of hydrogen-bond donors (Lipinski definition) is 1. The number of benzene rings is 2. The number of aromatic nitrogens is 5. The largest absolute Gasteiger partial charge is 0.364 e. The van der Waals surface area contributed by atoms with Gasteiger partial charge in [0.1, 0.15) is 0 Å². The molecule has 0 aliphatic rings. The summed E-state index contributed by atoms with van der Waals surface area (Å²) in [5.41, 5.74) is 2.56. The number of hydrogen-bond acceptors (Lipinski definition) is 5. The Morgan fingerprint density at radius 1 is 0.958 bits per heavy atom. The third kappa shape index (κ3) is 2.68. The summed E-state index contributed by atoms with van der Waals surface area (Å²) in [5.74, 6) is 0.627. The predicted octanol–water partition coefficient (Wildman–Crippen LogP) is 3.48. The molecule has 0 radical (unpaired) electrons. The highest BCUT2D eigenvalue weighted by molar-refractivity contribution is 6.31. The third-order valence-electron chi connectivity index (χ3n) is 3.69. The standard InChI is InChI=1S/C17H13ClN6/c18-15-9-5-4-6-12(15)10-19-16-14-11-20-24(17(14)22-23-21-16)13-7-2-1-3-8-13/h1-9,11H,10H2,(H,19,21,22). The summed E-state index contributed by atoms with van der Waals surface area (Å²) in [6.45, 7) is 0.546. The second-order valence-corrected chi connectivity index (χ2v) is 5.62. The summed E-state index contributed by atoms with van der Waals surface area (Å²) >= 11 is 6.19. The minimum Gasteiger partial charge on any atom is -0.364 e. The first-order valence-corrected chi connectivity index (χ1v) is 7.80. The first-order chi connectivity index (χ1) is 11.8. The maximum absolute atomic E-state index is 6.19. The molecule has 0 spiro atoms. The topological polar surface area (TPSA) is 68.5 Å². The van der Waals surface area contributed by atoms with Crippen LogP contribution in [0, 0.1) is 0 Å². The highest BCUT2D eigenvalue weighted by atomic mass is 35.5. The summed E-state index contributed by atoms with van der Waals surface area (Å²) in [7, 11) is 0. The average Bonchev–Trinajstić information content (AvgIpc) is 3.06. The van der Waals surface area contributed by atoms with Gasteiger partial charge < -0.3 is 5.32 Å². The van der Waals surface area contributed by atoms with Gasteiger partial charge in [0.2, 0.25) is 0 Å². The molecule has 0 amide bonds. The Morgan fingerprint density at radius 2 is 1.75 bits per heavy atom. The lowest BCUT2D eigenvalue weighted by Crippen LogP contribution is -2.05. The van der Waals surface area contributed by atoms with Gasteiger partial charge in [-0.25, -0.2) is 4.68 Å².